The lowest BCUT2D eigenvalue weighted by atomic mass is 9.90. The van der Waals surface area contributed by atoms with Crippen molar-refractivity contribution in [2.45, 2.75) is 32.2 Å². The maximum Gasteiger partial charge on any atom is 0.228 e. The zero-order chi connectivity index (χ0) is 12.3. The molecule has 1 aliphatic heterocycles. The van der Waals surface area contributed by atoms with Gasteiger partial charge in [-0.2, -0.15) is 5.10 Å². The molecular weight excluding hydrogens is 216 g/mol. The van der Waals surface area contributed by atoms with E-state index in [1.54, 1.807) is 6.20 Å². The second-order valence-electron chi connectivity index (χ2n) is 4.77. The van der Waals surface area contributed by atoms with Crippen molar-refractivity contribution in [2.24, 2.45) is 11.7 Å². The van der Waals surface area contributed by atoms with E-state index < -0.39 is 0 Å². The van der Waals surface area contributed by atoms with E-state index in [1.807, 2.05) is 11.0 Å². The van der Waals surface area contributed by atoms with E-state index in [2.05, 4.69) is 17.1 Å². The number of piperidine rings is 1. The van der Waals surface area contributed by atoms with Gasteiger partial charge in [0.2, 0.25) is 5.91 Å². The molecule has 1 saturated heterocycles. The number of rotatable bonds is 3. The quantitative estimate of drug-likeness (QED) is 0.804. The van der Waals surface area contributed by atoms with Gasteiger partial charge in [-0.3, -0.25) is 9.89 Å². The molecule has 94 valence electrons. The highest BCUT2D eigenvalue weighted by atomic mass is 16.2. The molecule has 1 aliphatic rings. The minimum Gasteiger partial charge on any atom is -0.338 e. The van der Waals surface area contributed by atoms with Crippen LogP contribution in [-0.4, -0.2) is 40.1 Å². The van der Waals surface area contributed by atoms with Gasteiger partial charge < -0.3 is 10.6 Å². The predicted molar refractivity (Wildman–Crippen MR) is 65.2 cm³/mol. The van der Waals surface area contributed by atoms with Crippen LogP contribution in [-0.2, 0) is 11.2 Å². The van der Waals surface area contributed by atoms with E-state index in [9.17, 15) is 4.79 Å². The fourth-order valence-corrected chi connectivity index (χ4v) is 2.57. The van der Waals surface area contributed by atoms with Crippen molar-refractivity contribution in [3.8, 4) is 0 Å². The van der Waals surface area contributed by atoms with E-state index in [1.165, 1.54) is 0 Å². The highest BCUT2D eigenvalue weighted by Gasteiger charge is 2.30. The van der Waals surface area contributed by atoms with Crippen molar-refractivity contribution >= 4 is 5.91 Å². The fraction of sp³-hybridized carbons (Fsp3) is 0.667. The molecule has 0 radical (unpaired) electrons. The van der Waals surface area contributed by atoms with Crippen molar-refractivity contribution < 1.29 is 4.79 Å². The molecule has 2 heterocycles. The van der Waals surface area contributed by atoms with Crippen molar-refractivity contribution in [1.82, 2.24) is 15.1 Å². The van der Waals surface area contributed by atoms with Crippen molar-refractivity contribution in [1.29, 1.82) is 0 Å². The lowest BCUT2D eigenvalue weighted by Crippen LogP contribution is -2.51. The van der Waals surface area contributed by atoms with Gasteiger partial charge in [-0.1, -0.05) is 6.92 Å². The van der Waals surface area contributed by atoms with E-state index in [0.29, 0.717) is 18.9 Å². The van der Waals surface area contributed by atoms with E-state index >= 15 is 0 Å². The average molecular weight is 236 g/mol. The Kier molecular flexibility index (Phi) is 3.78. The number of aromatic amines is 1. The molecule has 2 rings (SSSR count). The molecule has 2 atom stereocenters. The number of hydrogen-bond donors (Lipinski definition) is 2. The minimum atomic E-state index is 0.149. The Balaban J connectivity index is 2.02. The van der Waals surface area contributed by atoms with E-state index in [0.717, 1.165) is 25.1 Å². The molecule has 0 saturated carbocycles. The molecule has 1 amide bonds. The molecule has 0 aliphatic carbocycles. The Morgan fingerprint density at radius 1 is 1.71 bits per heavy atom. The normalized spacial score (nSPS) is 24.9. The Morgan fingerprint density at radius 2 is 2.53 bits per heavy atom. The first-order chi connectivity index (χ1) is 8.22. The smallest absolute Gasteiger partial charge is 0.228 e. The Morgan fingerprint density at radius 3 is 3.18 bits per heavy atom. The summed E-state index contributed by atoms with van der Waals surface area (Å²) in [7, 11) is 0. The molecule has 1 fully saturated rings. The van der Waals surface area contributed by atoms with Gasteiger partial charge in [-0.05, 0) is 24.8 Å². The van der Waals surface area contributed by atoms with Crippen molar-refractivity contribution in [3.05, 3.63) is 18.0 Å². The van der Waals surface area contributed by atoms with Crippen LogP contribution in [0.3, 0.4) is 0 Å². The van der Waals surface area contributed by atoms with Crippen LogP contribution in [0.1, 0.15) is 25.5 Å². The predicted octanol–water partition coefficient (Wildman–Crippen LogP) is 0.538. The van der Waals surface area contributed by atoms with Crippen LogP contribution in [0.5, 0.6) is 0 Å². The molecule has 5 nitrogen and oxygen atoms in total. The summed E-state index contributed by atoms with van der Waals surface area (Å²) < 4.78 is 0. The van der Waals surface area contributed by atoms with Crippen LogP contribution < -0.4 is 5.73 Å². The molecule has 5 heteroatoms. The van der Waals surface area contributed by atoms with Gasteiger partial charge in [-0.15, -0.1) is 0 Å². The molecule has 0 aromatic carbocycles. The molecule has 0 unspecified atom stereocenters. The third-order valence-corrected chi connectivity index (χ3v) is 3.58. The Hall–Kier alpha value is -1.36. The highest BCUT2D eigenvalue weighted by molar-refractivity contribution is 5.78. The summed E-state index contributed by atoms with van der Waals surface area (Å²) in [6.07, 6.45) is 4.30. The van der Waals surface area contributed by atoms with E-state index in [-0.39, 0.29) is 11.9 Å². The molecule has 0 spiro atoms. The number of aromatic nitrogens is 2. The number of nitrogens with two attached hydrogens (primary N) is 1. The maximum atomic E-state index is 12.2. The van der Waals surface area contributed by atoms with Crippen LogP contribution in [0.15, 0.2) is 12.3 Å². The maximum absolute atomic E-state index is 12.2. The Labute approximate surface area is 101 Å². The topological polar surface area (TPSA) is 75.0 Å². The summed E-state index contributed by atoms with van der Waals surface area (Å²) in [5.74, 6) is 0.649. The first-order valence-corrected chi connectivity index (χ1v) is 6.20. The third-order valence-electron chi connectivity index (χ3n) is 3.58. The first kappa shape index (κ1) is 12.1. The van der Waals surface area contributed by atoms with Gasteiger partial charge in [0, 0.05) is 31.0 Å². The summed E-state index contributed by atoms with van der Waals surface area (Å²) in [5.41, 5.74) is 6.65. The number of amides is 1. The number of hydrogen-bond acceptors (Lipinski definition) is 3. The van der Waals surface area contributed by atoms with Crippen molar-refractivity contribution in [3.63, 3.8) is 0 Å². The van der Waals surface area contributed by atoms with Crippen LogP contribution in [0, 0.1) is 5.92 Å². The highest BCUT2D eigenvalue weighted by Crippen LogP contribution is 2.23. The molecule has 17 heavy (non-hydrogen) atoms. The summed E-state index contributed by atoms with van der Waals surface area (Å²) in [6.45, 7) is 3.56. The zero-order valence-corrected chi connectivity index (χ0v) is 10.2. The summed E-state index contributed by atoms with van der Waals surface area (Å²) >= 11 is 0. The molecule has 1 aromatic heterocycles. The number of nitrogens with zero attached hydrogens (tertiary/aromatic N) is 2. The van der Waals surface area contributed by atoms with Gasteiger partial charge in [0.05, 0.1) is 6.42 Å². The number of carbonyl (C=O) groups is 1. The summed E-state index contributed by atoms with van der Waals surface area (Å²) in [5, 5.41) is 6.68. The molecule has 0 bridgehead atoms. The fourth-order valence-electron chi connectivity index (χ4n) is 2.57. The van der Waals surface area contributed by atoms with Gasteiger partial charge in [0.25, 0.3) is 0 Å². The molecule has 3 N–H and O–H groups in total. The van der Waals surface area contributed by atoms with Gasteiger partial charge in [0.15, 0.2) is 0 Å². The number of H-pyrrole nitrogens is 1. The summed E-state index contributed by atoms with van der Waals surface area (Å²) in [4.78, 5) is 14.1. The van der Waals surface area contributed by atoms with Gasteiger partial charge in [0.1, 0.15) is 0 Å². The SMILES string of the molecule is C[C@@H]1CCCN(C(=O)Cc2ccn[nH]2)[C@@H]1CN. The lowest BCUT2D eigenvalue weighted by molar-refractivity contribution is -0.135. The standard InChI is InChI=1S/C12H20N4O/c1-9-3-2-6-16(11(9)8-13)12(17)7-10-4-5-14-15-10/h4-5,9,11H,2-3,6-8,13H2,1H3,(H,14,15)/t9-,11-/m1/s1. The van der Waals surface area contributed by atoms with Crippen LogP contribution >= 0.6 is 0 Å². The van der Waals surface area contributed by atoms with Crippen LogP contribution in [0.25, 0.3) is 0 Å². The van der Waals surface area contributed by atoms with E-state index in [4.69, 9.17) is 5.73 Å². The largest absolute Gasteiger partial charge is 0.338 e. The number of likely N-dealkylation sites (tertiary alicyclic amines) is 1. The number of nitrogens with one attached hydrogen (secondary N) is 1. The average Bonchev–Trinajstić information content (AvgIpc) is 2.81. The van der Waals surface area contributed by atoms with Crippen LogP contribution in [0.2, 0.25) is 0 Å². The first-order valence-electron chi connectivity index (χ1n) is 6.20. The Bertz CT molecular complexity index is 363. The van der Waals surface area contributed by atoms with Crippen molar-refractivity contribution in [2.75, 3.05) is 13.1 Å². The lowest BCUT2D eigenvalue weighted by Gasteiger charge is -2.39. The number of carbonyl (C=O) groups excluding carboxylic acids is 1. The second-order valence-corrected chi connectivity index (χ2v) is 4.77. The van der Waals surface area contributed by atoms with Gasteiger partial charge >= 0.3 is 0 Å². The zero-order valence-electron chi connectivity index (χ0n) is 10.2. The minimum absolute atomic E-state index is 0.149. The second kappa shape index (κ2) is 5.31. The molecule has 1 aromatic rings. The monoisotopic (exact) mass is 236 g/mol. The van der Waals surface area contributed by atoms with Gasteiger partial charge in [-0.25, -0.2) is 0 Å². The summed E-state index contributed by atoms with van der Waals surface area (Å²) in [6, 6.07) is 2.03. The molecular formula is C12H20N4O. The third kappa shape index (κ3) is 2.66. The van der Waals surface area contributed by atoms with Crippen LogP contribution in [0.4, 0.5) is 0 Å².